The third kappa shape index (κ3) is 3.79. The molecule has 0 aliphatic carbocycles. The fourth-order valence-electron chi connectivity index (χ4n) is 2.25. The molecule has 1 unspecified atom stereocenters. The van der Waals surface area contributed by atoms with Crippen molar-refractivity contribution in [1.82, 2.24) is 5.43 Å². The van der Waals surface area contributed by atoms with E-state index in [0.29, 0.717) is 6.42 Å². The van der Waals surface area contributed by atoms with Crippen LogP contribution < -0.4 is 11.3 Å². The average Bonchev–Trinajstić information content (AvgIpc) is 2.44. The van der Waals surface area contributed by atoms with Crippen LogP contribution >= 0.6 is 11.6 Å². The lowest BCUT2D eigenvalue weighted by molar-refractivity contribution is 0.519. The highest BCUT2D eigenvalue weighted by atomic mass is 35.5. The fourth-order valence-corrected chi connectivity index (χ4v) is 2.36. The Morgan fingerprint density at radius 2 is 1.95 bits per heavy atom. The van der Waals surface area contributed by atoms with Crippen molar-refractivity contribution in [1.29, 1.82) is 0 Å². The van der Waals surface area contributed by atoms with Crippen LogP contribution in [0, 0.1) is 12.7 Å². The summed E-state index contributed by atoms with van der Waals surface area (Å²) in [5, 5.41) is 0.143. The van der Waals surface area contributed by atoms with Gasteiger partial charge < -0.3 is 0 Å². The minimum Gasteiger partial charge on any atom is -0.271 e. The van der Waals surface area contributed by atoms with Crippen molar-refractivity contribution in [3.8, 4) is 0 Å². The highest BCUT2D eigenvalue weighted by Gasteiger charge is 2.11. The van der Waals surface area contributed by atoms with E-state index in [1.54, 1.807) is 6.07 Å². The van der Waals surface area contributed by atoms with Gasteiger partial charge in [0.25, 0.3) is 0 Å². The second-order valence-corrected chi connectivity index (χ2v) is 5.35. The average molecular weight is 293 g/mol. The van der Waals surface area contributed by atoms with Crippen LogP contribution in [0.25, 0.3) is 0 Å². The third-order valence-electron chi connectivity index (χ3n) is 3.43. The van der Waals surface area contributed by atoms with E-state index in [9.17, 15) is 4.39 Å². The van der Waals surface area contributed by atoms with Crippen LogP contribution in [0.2, 0.25) is 5.02 Å². The molecule has 0 saturated heterocycles. The number of benzene rings is 2. The summed E-state index contributed by atoms with van der Waals surface area (Å²) in [6.45, 7) is 2.07. The van der Waals surface area contributed by atoms with Gasteiger partial charge in [-0.2, -0.15) is 0 Å². The number of hydrogen-bond donors (Lipinski definition) is 2. The summed E-state index contributed by atoms with van der Waals surface area (Å²) in [5.41, 5.74) is 6.16. The largest absolute Gasteiger partial charge is 0.271 e. The van der Waals surface area contributed by atoms with Gasteiger partial charge in [0.1, 0.15) is 5.82 Å². The second kappa shape index (κ2) is 6.84. The Morgan fingerprint density at radius 3 is 2.60 bits per heavy atom. The van der Waals surface area contributed by atoms with Crippen molar-refractivity contribution in [3.05, 3.63) is 70.0 Å². The first-order chi connectivity index (χ1) is 9.60. The van der Waals surface area contributed by atoms with Crippen LogP contribution in [-0.2, 0) is 12.8 Å². The van der Waals surface area contributed by atoms with Crippen LogP contribution in [0.1, 0.15) is 16.7 Å². The van der Waals surface area contributed by atoms with Crippen LogP contribution in [-0.4, -0.2) is 6.04 Å². The maximum absolute atomic E-state index is 13.4. The predicted molar refractivity (Wildman–Crippen MR) is 81.1 cm³/mol. The van der Waals surface area contributed by atoms with Gasteiger partial charge in [-0.05, 0) is 48.6 Å². The molecule has 0 aliphatic heterocycles. The Morgan fingerprint density at radius 1 is 1.20 bits per heavy atom. The molecule has 0 aromatic heterocycles. The van der Waals surface area contributed by atoms with Gasteiger partial charge in [0, 0.05) is 6.04 Å². The Bertz CT molecular complexity index is 586. The Labute approximate surface area is 123 Å². The number of nitrogens with one attached hydrogen (secondary N) is 1. The summed E-state index contributed by atoms with van der Waals surface area (Å²) < 4.78 is 13.4. The van der Waals surface area contributed by atoms with Crippen molar-refractivity contribution in [2.45, 2.75) is 25.8 Å². The van der Waals surface area contributed by atoms with Crippen molar-refractivity contribution >= 4 is 11.6 Å². The Kier molecular flexibility index (Phi) is 5.12. The molecule has 0 heterocycles. The minimum atomic E-state index is -0.393. The molecule has 3 N–H and O–H groups in total. The van der Waals surface area contributed by atoms with Crippen LogP contribution in [0.5, 0.6) is 0 Å². The molecule has 2 aromatic rings. The van der Waals surface area contributed by atoms with Gasteiger partial charge in [0.05, 0.1) is 5.02 Å². The smallest absolute Gasteiger partial charge is 0.142 e. The summed E-state index contributed by atoms with van der Waals surface area (Å²) in [4.78, 5) is 0. The van der Waals surface area contributed by atoms with Crippen molar-refractivity contribution < 1.29 is 4.39 Å². The van der Waals surface area contributed by atoms with Gasteiger partial charge >= 0.3 is 0 Å². The van der Waals surface area contributed by atoms with E-state index >= 15 is 0 Å². The SMILES string of the molecule is Cc1ccccc1CC(Cc1ccc(Cl)c(F)c1)NN. The minimum absolute atomic E-state index is 0.0525. The summed E-state index contributed by atoms with van der Waals surface area (Å²) >= 11 is 5.69. The first-order valence-electron chi connectivity index (χ1n) is 6.54. The van der Waals surface area contributed by atoms with Crippen molar-refractivity contribution in [2.75, 3.05) is 0 Å². The van der Waals surface area contributed by atoms with E-state index in [4.69, 9.17) is 17.4 Å². The van der Waals surface area contributed by atoms with E-state index in [1.165, 1.54) is 17.2 Å². The molecule has 0 saturated carbocycles. The normalized spacial score (nSPS) is 12.4. The molecule has 0 bridgehead atoms. The number of hydrogen-bond acceptors (Lipinski definition) is 2. The van der Waals surface area contributed by atoms with Gasteiger partial charge in [-0.3, -0.25) is 11.3 Å². The summed E-state index contributed by atoms with van der Waals surface area (Å²) in [5.74, 6) is 5.22. The number of hydrazine groups is 1. The maximum Gasteiger partial charge on any atom is 0.142 e. The van der Waals surface area contributed by atoms with Crippen molar-refractivity contribution in [2.24, 2.45) is 5.84 Å². The molecule has 20 heavy (non-hydrogen) atoms. The van der Waals surface area contributed by atoms with Gasteiger partial charge in [0.2, 0.25) is 0 Å². The molecule has 106 valence electrons. The monoisotopic (exact) mass is 292 g/mol. The van der Waals surface area contributed by atoms with E-state index < -0.39 is 5.82 Å². The molecule has 0 spiro atoms. The molecule has 0 radical (unpaired) electrons. The van der Waals surface area contributed by atoms with Crippen LogP contribution in [0.15, 0.2) is 42.5 Å². The molecule has 1 atom stereocenters. The highest BCUT2D eigenvalue weighted by Crippen LogP contribution is 2.18. The first kappa shape index (κ1) is 15.0. The molecule has 0 fully saturated rings. The Hall–Kier alpha value is -1.42. The van der Waals surface area contributed by atoms with E-state index in [-0.39, 0.29) is 11.1 Å². The third-order valence-corrected chi connectivity index (χ3v) is 3.74. The van der Waals surface area contributed by atoms with Gasteiger partial charge in [-0.15, -0.1) is 0 Å². The quantitative estimate of drug-likeness (QED) is 0.655. The lowest BCUT2D eigenvalue weighted by Gasteiger charge is -2.17. The summed E-state index contributed by atoms with van der Waals surface area (Å²) in [6.07, 6.45) is 1.45. The number of halogens is 2. The number of nitrogens with two attached hydrogens (primary N) is 1. The molecule has 0 amide bonds. The van der Waals surface area contributed by atoms with Gasteiger partial charge in [-0.25, -0.2) is 4.39 Å². The summed E-state index contributed by atoms with van der Waals surface area (Å²) in [6, 6.07) is 13.1. The van der Waals surface area contributed by atoms with Gasteiger partial charge in [-0.1, -0.05) is 41.9 Å². The standard InChI is InChI=1S/C16H18ClFN2/c1-11-4-2-3-5-13(11)10-14(20-19)8-12-6-7-15(17)16(18)9-12/h2-7,9,14,20H,8,10,19H2,1H3. The molecule has 2 aromatic carbocycles. The molecule has 2 nitrogen and oxygen atoms in total. The van der Waals surface area contributed by atoms with Crippen LogP contribution in [0.3, 0.4) is 0 Å². The summed E-state index contributed by atoms with van der Waals surface area (Å²) in [7, 11) is 0. The zero-order chi connectivity index (χ0) is 14.5. The zero-order valence-corrected chi connectivity index (χ0v) is 12.1. The Balaban J connectivity index is 2.09. The first-order valence-corrected chi connectivity index (χ1v) is 6.92. The van der Waals surface area contributed by atoms with Gasteiger partial charge in [0.15, 0.2) is 0 Å². The maximum atomic E-state index is 13.4. The number of rotatable bonds is 5. The molecule has 0 aliphatic rings. The van der Waals surface area contributed by atoms with E-state index in [0.717, 1.165) is 12.0 Å². The topological polar surface area (TPSA) is 38.0 Å². The predicted octanol–water partition coefficient (Wildman–Crippen LogP) is 3.40. The fraction of sp³-hybridized carbons (Fsp3) is 0.250. The van der Waals surface area contributed by atoms with E-state index in [1.807, 2.05) is 18.2 Å². The molecular formula is C16H18ClFN2. The van der Waals surface area contributed by atoms with Crippen LogP contribution in [0.4, 0.5) is 4.39 Å². The van der Waals surface area contributed by atoms with Crippen molar-refractivity contribution in [3.63, 3.8) is 0 Å². The highest BCUT2D eigenvalue weighted by molar-refractivity contribution is 6.30. The molecule has 4 heteroatoms. The van der Waals surface area contributed by atoms with E-state index in [2.05, 4.69) is 24.5 Å². The lowest BCUT2D eigenvalue weighted by Crippen LogP contribution is -2.38. The zero-order valence-electron chi connectivity index (χ0n) is 11.4. The molecule has 2 rings (SSSR count). The number of aryl methyl sites for hydroxylation is 1. The molecular weight excluding hydrogens is 275 g/mol. The second-order valence-electron chi connectivity index (χ2n) is 4.95. The lowest BCUT2D eigenvalue weighted by atomic mass is 9.97.